The van der Waals surface area contributed by atoms with Crippen LogP contribution in [0.25, 0.3) is 10.9 Å². The lowest BCUT2D eigenvalue weighted by molar-refractivity contribution is 0.0474. The molecule has 0 bridgehead atoms. The minimum absolute atomic E-state index is 0.0824. The third kappa shape index (κ3) is 3.99. The fourth-order valence-electron chi connectivity index (χ4n) is 4.86. The van der Waals surface area contributed by atoms with E-state index < -0.39 is 5.97 Å². The molecule has 8 heteroatoms. The van der Waals surface area contributed by atoms with Gasteiger partial charge in [-0.15, -0.1) is 0 Å². The Labute approximate surface area is 191 Å². The van der Waals surface area contributed by atoms with Crippen LogP contribution in [0, 0.1) is 13.8 Å². The van der Waals surface area contributed by atoms with E-state index in [0.717, 1.165) is 56.0 Å². The van der Waals surface area contributed by atoms with E-state index in [1.54, 1.807) is 22.8 Å². The summed E-state index contributed by atoms with van der Waals surface area (Å²) in [4.78, 5) is 42.6. The van der Waals surface area contributed by atoms with Crippen molar-refractivity contribution in [2.45, 2.75) is 58.7 Å². The first kappa shape index (κ1) is 21.6. The highest BCUT2D eigenvalue weighted by atomic mass is 16.5. The minimum Gasteiger partial charge on any atom is -0.454 e. The number of ether oxygens (including phenoxy) is 2. The fraction of sp³-hybridized carbons (Fsp3) is 0.440. The van der Waals surface area contributed by atoms with Gasteiger partial charge in [-0.25, -0.2) is 9.78 Å². The first-order valence-corrected chi connectivity index (χ1v) is 11.4. The number of hydrogen-bond acceptors (Lipinski definition) is 6. The van der Waals surface area contributed by atoms with Crippen LogP contribution >= 0.6 is 0 Å². The lowest BCUT2D eigenvalue weighted by Gasteiger charge is -2.14. The molecule has 2 aromatic heterocycles. The molecule has 3 aromatic rings. The van der Waals surface area contributed by atoms with Crippen LogP contribution in [0.3, 0.4) is 0 Å². The first-order chi connectivity index (χ1) is 15.9. The van der Waals surface area contributed by atoms with Crippen LogP contribution in [0.4, 0.5) is 0 Å². The Balaban J connectivity index is 1.29. The number of ketones is 1. The molecule has 172 valence electrons. The topological polar surface area (TPSA) is 92.4 Å². The SMILES string of the molecule is Cc1cc(C(=O)COC(=O)c2ccc3c(=O)n4c(nc3c2)CCC4)c(C)n1C[C@H]1CCCO1. The van der Waals surface area contributed by atoms with Crippen molar-refractivity contribution in [3.05, 3.63) is 63.0 Å². The highest BCUT2D eigenvalue weighted by Crippen LogP contribution is 2.21. The molecular formula is C25H27N3O5. The summed E-state index contributed by atoms with van der Waals surface area (Å²) in [5.74, 6) is -0.114. The zero-order chi connectivity index (χ0) is 23.1. The van der Waals surface area contributed by atoms with Gasteiger partial charge in [-0.05, 0) is 57.4 Å². The number of carbonyl (C=O) groups is 2. The summed E-state index contributed by atoms with van der Waals surface area (Å²) in [6, 6.07) is 6.56. The van der Waals surface area contributed by atoms with E-state index in [1.165, 1.54) is 0 Å². The second-order valence-electron chi connectivity index (χ2n) is 8.85. The Morgan fingerprint density at radius 2 is 2.06 bits per heavy atom. The third-order valence-corrected chi connectivity index (χ3v) is 6.67. The number of Topliss-reactive ketones (excluding diaryl/α,β-unsaturated/α-hetero) is 1. The maximum Gasteiger partial charge on any atom is 0.338 e. The van der Waals surface area contributed by atoms with Crippen molar-refractivity contribution in [2.24, 2.45) is 0 Å². The summed E-state index contributed by atoms with van der Waals surface area (Å²) >= 11 is 0. The smallest absolute Gasteiger partial charge is 0.338 e. The summed E-state index contributed by atoms with van der Waals surface area (Å²) < 4.78 is 14.8. The quantitative estimate of drug-likeness (QED) is 0.424. The molecule has 1 fully saturated rings. The average molecular weight is 450 g/mol. The Bertz CT molecular complexity index is 1310. The highest BCUT2D eigenvalue weighted by Gasteiger charge is 2.22. The van der Waals surface area contributed by atoms with Crippen molar-refractivity contribution >= 4 is 22.7 Å². The molecule has 0 N–H and O–H groups in total. The lowest BCUT2D eigenvalue weighted by Crippen LogP contribution is -2.21. The van der Waals surface area contributed by atoms with Gasteiger partial charge < -0.3 is 14.0 Å². The number of aromatic nitrogens is 3. The van der Waals surface area contributed by atoms with Gasteiger partial charge in [-0.3, -0.25) is 14.2 Å². The van der Waals surface area contributed by atoms with Gasteiger partial charge in [0, 0.05) is 43.1 Å². The normalized spacial score (nSPS) is 17.5. The Hall–Kier alpha value is -3.26. The molecule has 2 aliphatic rings. The second kappa shape index (κ2) is 8.59. The van der Waals surface area contributed by atoms with Crippen molar-refractivity contribution in [1.29, 1.82) is 0 Å². The summed E-state index contributed by atoms with van der Waals surface area (Å²) in [6.45, 7) is 5.71. The molecule has 0 saturated carbocycles. The number of rotatable bonds is 6. The Morgan fingerprint density at radius 3 is 2.85 bits per heavy atom. The van der Waals surface area contributed by atoms with Gasteiger partial charge in [0.15, 0.2) is 6.61 Å². The molecule has 33 heavy (non-hydrogen) atoms. The van der Waals surface area contributed by atoms with E-state index in [2.05, 4.69) is 9.55 Å². The maximum absolute atomic E-state index is 12.8. The third-order valence-electron chi connectivity index (χ3n) is 6.67. The zero-order valence-corrected chi connectivity index (χ0v) is 18.9. The number of fused-ring (bicyclic) bond motifs is 2. The molecule has 5 rings (SSSR count). The molecule has 1 aromatic carbocycles. The van der Waals surface area contributed by atoms with Crippen LogP contribution in [0.5, 0.6) is 0 Å². The number of hydrogen-bond donors (Lipinski definition) is 0. The average Bonchev–Trinajstić information content (AvgIpc) is 3.55. The summed E-state index contributed by atoms with van der Waals surface area (Å²) in [7, 11) is 0. The molecule has 0 amide bonds. The molecule has 1 atom stereocenters. The molecule has 1 saturated heterocycles. The van der Waals surface area contributed by atoms with Crippen LogP contribution in [0.1, 0.15) is 57.2 Å². The summed E-state index contributed by atoms with van der Waals surface area (Å²) in [5, 5.41) is 0.479. The number of aryl methyl sites for hydroxylation is 2. The first-order valence-electron chi connectivity index (χ1n) is 11.4. The molecule has 8 nitrogen and oxygen atoms in total. The maximum atomic E-state index is 12.8. The number of nitrogens with zero attached hydrogens (tertiary/aromatic N) is 3. The molecular weight excluding hydrogens is 422 g/mol. The largest absolute Gasteiger partial charge is 0.454 e. The predicted octanol–water partition coefficient (Wildman–Crippen LogP) is 2.98. The van der Waals surface area contributed by atoms with E-state index in [9.17, 15) is 14.4 Å². The molecule has 0 radical (unpaired) electrons. The van der Waals surface area contributed by atoms with Crippen molar-refractivity contribution in [3.63, 3.8) is 0 Å². The Kier molecular flexibility index (Phi) is 5.62. The van der Waals surface area contributed by atoms with E-state index in [4.69, 9.17) is 9.47 Å². The summed E-state index contributed by atoms with van der Waals surface area (Å²) in [6.07, 6.45) is 3.90. The molecule has 4 heterocycles. The van der Waals surface area contributed by atoms with Crippen LogP contribution in [-0.2, 0) is 29.0 Å². The minimum atomic E-state index is -0.610. The van der Waals surface area contributed by atoms with Gasteiger partial charge in [-0.1, -0.05) is 0 Å². The van der Waals surface area contributed by atoms with Crippen molar-refractivity contribution < 1.29 is 19.1 Å². The second-order valence-corrected chi connectivity index (χ2v) is 8.85. The zero-order valence-electron chi connectivity index (χ0n) is 18.9. The summed E-state index contributed by atoms with van der Waals surface area (Å²) in [5.41, 5.74) is 3.06. The van der Waals surface area contributed by atoms with Gasteiger partial charge >= 0.3 is 5.97 Å². The number of esters is 1. The van der Waals surface area contributed by atoms with E-state index in [0.29, 0.717) is 23.0 Å². The van der Waals surface area contributed by atoms with Crippen LogP contribution < -0.4 is 5.56 Å². The Morgan fingerprint density at radius 1 is 1.21 bits per heavy atom. The van der Waals surface area contributed by atoms with Gasteiger partial charge in [0.05, 0.1) is 22.6 Å². The van der Waals surface area contributed by atoms with Crippen LogP contribution in [-0.4, -0.2) is 45.2 Å². The van der Waals surface area contributed by atoms with Gasteiger partial charge in [0.1, 0.15) is 5.82 Å². The van der Waals surface area contributed by atoms with E-state index >= 15 is 0 Å². The van der Waals surface area contributed by atoms with E-state index in [-0.39, 0.29) is 29.6 Å². The van der Waals surface area contributed by atoms with Gasteiger partial charge in [-0.2, -0.15) is 0 Å². The number of carbonyl (C=O) groups excluding carboxylic acids is 2. The van der Waals surface area contributed by atoms with Crippen LogP contribution in [0.15, 0.2) is 29.1 Å². The van der Waals surface area contributed by atoms with Crippen molar-refractivity contribution in [2.75, 3.05) is 13.2 Å². The van der Waals surface area contributed by atoms with Crippen LogP contribution in [0.2, 0.25) is 0 Å². The predicted molar refractivity (Wildman–Crippen MR) is 122 cm³/mol. The van der Waals surface area contributed by atoms with Crippen molar-refractivity contribution in [3.8, 4) is 0 Å². The lowest BCUT2D eigenvalue weighted by atomic mass is 10.1. The fourth-order valence-corrected chi connectivity index (χ4v) is 4.86. The molecule has 0 aliphatic carbocycles. The van der Waals surface area contributed by atoms with Gasteiger partial charge in [0.25, 0.3) is 5.56 Å². The standard InChI is InChI=1S/C25H27N3O5/c1-15-11-20(16(2)28(15)13-18-5-4-10-32-18)22(29)14-33-25(31)17-7-8-19-21(12-17)26-23-6-3-9-27(23)24(19)30/h7-8,11-12,18H,3-6,9-10,13-14H2,1-2H3/t18-/m1/s1. The molecule has 2 aliphatic heterocycles. The van der Waals surface area contributed by atoms with E-state index in [1.807, 2.05) is 19.9 Å². The monoisotopic (exact) mass is 449 g/mol. The molecule has 0 unspecified atom stereocenters. The molecule has 0 spiro atoms. The van der Waals surface area contributed by atoms with Crippen molar-refractivity contribution in [1.82, 2.24) is 14.1 Å². The number of benzene rings is 1. The highest BCUT2D eigenvalue weighted by molar-refractivity contribution is 6.01. The van der Waals surface area contributed by atoms with Gasteiger partial charge in [0.2, 0.25) is 5.78 Å².